The van der Waals surface area contributed by atoms with E-state index in [0.717, 1.165) is 0 Å². The number of furan rings is 1. The molecule has 0 unspecified atom stereocenters. The summed E-state index contributed by atoms with van der Waals surface area (Å²) in [6, 6.07) is 5.55. The highest BCUT2D eigenvalue weighted by Crippen LogP contribution is 2.15. The summed E-state index contributed by atoms with van der Waals surface area (Å²) in [6.07, 6.45) is 1.62. The van der Waals surface area contributed by atoms with Gasteiger partial charge in [0, 0.05) is 0 Å². The Morgan fingerprint density at radius 2 is 2.58 bits per heavy atom. The number of rotatable bonds is 1. The normalized spacial score (nSPS) is 21.2. The number of hydrogen-bond acceptors (Lipinski definition) is 4. The molecule has 60 valence electrons. The second-order valence-electron chi connectivity index (χ2n) is 2.44. The molecule has 0 amide bonds. The quantitative estimate of drug-likeness (QED) is 0.625. The van der Waals surface area contributed by atoms with E-state index in [1.165, 1.54) is 0 Å². The van der Waals surface area contributed by atoms with E-state index in [1.807, 2.05) is 6.07 Å². The van der Waals surface area contributed by atoms with E-state index >= 15 is 0 Å². The molecule has 0 saturated carbocycles. The van der Waals surface area contributed by atoms with E-state index < -0.39 is 6.10 Å². The fourth-order valence-corrected chi connectivity index (χ4v) is 1.03. The number of nitriles is 1. The summed E-state index contributed by atoms with van der Waals surface area (Å²) in [5.41, 5.74) is 0.701. The van der Waals surface area contributed by atoms with Crippen molar-refractivity contribution >= 4 is 5.71 Å². The molecule has 0 radical (unpaired) electrons. The van der Waals surface area contributed by atoms with Crippen LogP contribution < -0.4 is 0 Å². The first-order chi connectivity index (χ1) is 5.90. The van der Waals surface area contributed by atoms with Gasteiger partial charge in [-0.1, -0.05) is 5.16 Å². The minimum absolute atomic E-state index is 0.454. The van der Waals surface area contributed by atoms with Crippen molar-refractivity contribution in [1.82, 2.24) is 0 Å². The van der Waals surface area contributed by atoms with Crippen LogP contribution in [0.5, 0.6) is 0 Å². The molecule has 4 nitrogen and oxygen atoms in total. The summed E-state index contributed by atoms with van der Waals surface area (Å²) < 4.78 is 5.09. The van der Waals surface area contributed by atoms with Crippen LogP contribution in [0.1, 0.15) is 12.2 Å². The molecular weight excluding hydrogens is 156 g/mol. The zero-order chi connectivity index (χ0) is 8.39. The minimum Gasteiger partial charge on any atom is -0.463 e. The maximum atomic E-state index is 8.50. The van der Waals surface area contributed by atoms with Crippen molar-refractivity contribution in [3.8, 4) is 6.07 Å². The summed E-state index contributed by atoms with van der Waals surface area (Å²) >= 11 is 0. The zero-order valence-electron chi connectivity index (χ0n) is 6.23. The Kier molecular flexibility index (Phi) is 1.56. The van der Waals surface area contributed by atoms with Gasteiger partial charge >= 0.3 is 0 Å². The third kappa shape index (κ3) is 1.05. The van der Waals surface area contributed by atoms with Crippen LogP contribution in [0.4, 0.5) is 0 Å². The molecule has 2 rings (SSSR count). The van der Waals surface area contributed by atoms with Crippen LogP contribution in [0.3, 0.4) is 0 Å². The van der Waals surface area contributed by atoms with E-state index in [0.29, 0.717) is 17.9 Å². The molecule has 2 heterocycles. The van der Waals surface area contributed by atoms with Crippen LogP contribution in [0, 0.1) is 11.3 Å². The van der Waals surface area contributed by atoms with Gasteiger partial charge in [-0.15, -0.1) is 0 Å². The first-order valence-corrected chi connectivity index (χ1v) is 3.56. The fourth-order valence-electron chi connectivity index (χ4n) is 1.03. The molecule has 0 N–H and O–H groups in total. The topological polar surface area (TPSA) is 58.5 Å². The molecule has 1 atom stereocenters. The van der Waals surface area contributed by atoms with E-state index in [4.69, 9.17) is 14.5 Å². The molecule has 4 heteroatoms. The number of nitrogens with zero attached hydrogens (tertiary/aromatic N) is 2. The van der Waals surface area contributed by atoms with Crippen LogP contribution in [-0.2, 0) is 4.84 Å². The molecule has 1 aliphatic rings. The summed E-state index contributed by atoms with van der Waals surface area (Å²) in [5.74, 6) is 0.674. The molecule has 0 bridgehead atoms. The van der Waals surface area contributed by atoms with Crippen molar-refractivity contribution < 1.29 is 9.25 Å². The van der Waals surface area contributed by atoms with Gasteiger partial charge in [0.1, 0.15) is 11.8 Å². The lowest BCUT2D eigenvalue weighted by atomic mass is 10.1. The lowest BCUT2D eigenvalue weighted by molar-refractivity contribution is 0.125. The maximum Gasteiger partial charge on any atom is 0.218 e. The SMILES string of the molecule is N#C[C@@H]1CC(c2ccco2)=NO1. The number of hydrogen-bond donors (Lipinski definition) is 0. The Morgan fingerprint density at radius 3 is 3.17 bits per heavy atom. The third-order valence-electron chi connectivity index (χ3n) is 1.62. The van der Waals surface area contributed by atoms with Crippen molar-refractivity contribution in [3.63, 3.8) is 0 Å². The summed E-state index contributed by atoms with van der Waals surface area (Å²) in [4.78, 5) is 4.81. The highest BCUT2D eigenvalue weighted by Gasteiger charge is 2.22. The monoisotopic (exact) mass is 162 g/mol. The van der Waals surface area contributed by atoms with Crippen molar-refractivity contribution in [2.75, 3.05) is 0 Å². The Balaban J connectivity index is 2.15. The predicted octanol–water partition coefficient (Wildman–Crippen LogP) is 1.30. The molecule has 0 spiro atoms. The van der Waals surface area contributed by atoms with Crippen molar-refractivity contribution in [1.29, 1.82) is 5.26 Å². The summed E-state index contributed by atoms with van der Waals surface area (Å²) in [6.45, 7) is 0. The third-order valence-corrected chi connectivity index (χ3v) is 1.62. The van der Waals surface area contributed by atoms with E-state index in [-0.39, 0.29) is 0 Å². The van der Waals surface area contributed by atoms with E-state index in [2.05, 4.69) is 5.16 Å². The lowest BCUT2D eigenvalue weighted by Crippen LogP contribution is -2.04. The van der Waals surface area contributed by atoms with Gasteiger partial charge < -0.3 is 9.25 Å². The summed E-state index contributed by atoms with van der Waals surface area (Å²) in [5, 5.41) is 12.2. The Labute approximate surface area is 69.0 Å². The van der Waals surface area contributed by atoms with Crippen LogP contribution in [0.2, 0.25) is 0 Å². The average molecular weight is 162 g/mol. The maximum absolute atomic E-state index is 8.50. The van der Waals surface area contributed by atoms with Crippen LogP contribution in [-0.4, -0.2) is 11.8 Å². The molecule has 0 aromatic carbocycles. The Morgan fingerprint density at radius 1 is 1.67 bits per heavy atom. The smallest absolute Gasteiger partial charge is 0.218 e. The Hall–Kier alpha value is -1.76. The highest BCUT2D eigenvalue weighted by atomic mass is 16.6. The van der Waals surface area contributed by atoms with Crippen LogP contribution in [0.15, 0.2) is 28.0 Å². The minimum atomic E-state index is -0.454. The molecule has 0 aliphatic carbocycles. The molecule has 1 aliphatic heterocycles. The predicted molar refractivity (Wildman–Crippen MR) is 40.3 cm³/mol. The second-order valence-corrected chi connectivity index (χ2v) is 2.44. The molecule has 0 saturated heterocycles. The summed E-state index contributed by atoms with van der Waals surface area (Å²) in [7, 11) is 0. The number of oxime groups is 1. The Bertz CT molecular complexity index is 334. The fraction of sp³-hybridized carbons (Fsp3) is 0.250. The van der Waals surface area contributed by atoms with Gasteiger partial charge in [-0.3, -0.25) is 0 Å². The molecule has 1 aromatic rings. The second kappa shape index (κ2) is 2.70. The molecular formula is C8H6N2O2. The van der Waals surface area contributed by atoms with Gasteiger partial charge in [0.15, 0.2) is 5.76 Å². The van der Waals surface area contributed by atoms with Crippen molar-refractivity contribution in [2.24, 2.45) is 5.16 Å². The largest absolute Gasteiger partial charge is 0.463 e. The molecule has 12 heavy (non-hydrogen) atoms. The standard InChI is InChI=1S/C8H6N2O2/c9-5-6-4-7(10-12-6)8-2-1-3-11-8/h1-3,6H,4H2/t6-/m0/s1. The van der Waals surface area contributed by atoms with Gasteiger partial charge in [0.25, 0.3) is 0 Å². The average Bonchev–Trinajstić information content (AvgIpc) is 2.75. The van der Waals surface area contributed by atoms with Crippen molar-refractivity contribution in [2.45, 2.75) is 12.5 Å². The van der Waals surface area contributed by atoms with Crippen LogP contribution in [0.25, 0.3) is 0 Å². The van der Waals surface area contributed by atoms with Gasteiger partial charge in [0.2, 0.25) is 6.10 Å². The van der Waals surface area contributed by atoms with E-state index in [1.54, 1.807) is 18.4 Å². The highest BCUT2D eigenvalue weighted by molar-refractivity contribution is 5.99. The van der Waals surface area contributed by atoms with Gasteiger partial charge in [0.05, 0.1) is 12.7 Å². The first kappa shape index (κ1) is 6.92. The van der Waals surface area contributed by atoms with Gasteiger partial charge in [-0.2, -0.15) is 5.26 Å². The van der Waals surface area contributed by atoms with Crippen molar-refractivity contribution in [3.05, 3.63) is 24.2 Å². The van der Waals surface area contributed by atoms with E-state index in [9.17, 15) is 0 Å². The first-order valence-electron chi connectivity index (χ1n) is 3.56. The molecule has 1 aromatic heterocycles. The lowest BCUT2D eigenvalue weighted by Gasteiger charge is -1.91. The van der Waals surface area contributed by atoms with Gasteiger partial charge in [-0.05, 0) is 12.1 Å². The zero-order valence-corrected chi connectivity index (χ0v) is 6.23. The van der Waals surface area contributed by atoms with Gasteiger partial charge in [-0.25, -0.2) is 0 Å². The molecule has 0 fully saturated rings. The van der Waals surface area contributed by atoms with Crippen LogP contribution >= 0.6 is 0 Å².